The lowest BCUT2D eigenvalue weighted by Gasteiger charge is -2.07. The first kappa shape index (κ1) is 9.07. The highest BCUT2D eigenvalue weighted by Gasteiger charge is 2.17. The van der Waals surface area contributed by atoms with E-state index in [0.717, 1.165) is 0 Å². The summed E-state index contributed by atoms with van der Waals surface area (Å²) in [6, 6.07) is 0. The fourth-order valence-corrected chi connectivity index (χ4v) is 0.583. The van der Waals surface area contributed by atoms with Crippen LogP contribution in [0.4, 0.5) is 0 Å². The van der Waals surface area contributed by atoms with Gasteiger partial charge < -0.3 is 4.79 Å². The Hall–Kier alpha value is -0.930. The number of hydrogen-bond acceptors (Lipinski definition) is 3. The molecule has 1 unspecified atom stereocenters. The molecule has 58 valence electrons. The molecule has 0 radical (unpaired) electrons. The fourth-order valence-electron chi connectivity index (χ4n) is 0.583. The van der Waals surface area contributed by atoms with E-state index in [9.17, 15) is 14.9 Å². The van der Waals surface area contributed by atoms with Crippen molar-refractivity contribution < 1.29 is 9.72 Å². The van der Waals surface area contributed by atoms with Crippen LogP contribution in [0.1, 0.15) is 13.8 Å². The summed E-state index contributed by atoms with van der Waals surface area (Å²) in [6.07, 6.45) is 0.646. The first-order valence-corrected chi connectivity index (χ1v) is 3.15. The SMILES string of the molecule is CC(C)C(C=O)C[N+](=O)[O-]. The maximum Gasteiger partial charge on any atom is 0.213 e. The maximum absolute atomic E-state index is 10.2. The predicted molar refractivity (Wildman–Crippen MR) is 36.3 cm³/mol. The number of carbonyl (C=O) groups is 1. The lowest BCUT2D eigenvalue weighted by atomic mass is 9.98. The highest BCUT2D eigenvalue weighted by Crippen LogP contribution is 2.06. The van der Waals surface area contributed by atoms with Crippen molar-refractivity contribution >= 4 is 6.29 Å². The molecule has 4 nitrogen and oxygen atoms in total. The van der Waals surface area contributed by atoms with E-state index in [1.54, 1.807) is 13.8 Å². The van der Waals surface area contributed by atoms with Gasteiger partial charge in [-0.05, 0) is 5.92 Å². The molecule has 0 heterocycles. The Balaban J connectivity index is 3.83. The van der Waals surface area contributed by atoms with Gasteiger partial charge in [0, 0.05) is 4.92 Å². The Morgan fingerprint density at radius 1 is 1.60 bits per heavy atom. The Kier molecular flexibility index (Phi) is 3.61. The van der Waals surface area contributed by atoms with Crippen molar-refractivity contribution in [1.29, 1.82) is 0 Å². The average Bonchev–Trinajstić information content (AvgIpc) is 1.81. The minimum atomic E-state index is -0.459. The van der Waals surface area contributed by atoms with Crippen LogP contribution < -0.4 is 0 Å². The van der Waals surface area contributed by atoms with Crippen molar-refractivity contribution in [3.8, 4) is 0 Å². The van der Waals surface area contributed by atoms with Gasteiger partial charge in [-0.2, -0.15) is 0 Å². The third-order valence-corrected chi connectivity index (χ3v) is 1.39. The summed E-state index contributed by atoms with van der Waals surface area (Å²) < 4.78 is 0. The number of aldehydes is 1. The molecule has 0 saturated carbocycles. The Morgan fingerprint density at radius 2 is 2.10 bits per heavy atom. The number of nitro groups is 1. The van der Waals surface area contributed by atoms with Gasteiger partial charge in [-0.1, -0.05) is 13.8 Å². The summed E-state index contributed by atoms with van der Waals surface area (Å²) in [5.74, 6) is -0.377. The van der Waals surface area contributed by atoms with E-state index in [1.165, 1.54) is 0 Å². The van der Waals surface area contributed by atoms with Gasteiger partial charge in [0.15, 0.2) is 0 Å². The summed E-state index contributed by atoms with van der Waals surface area (Å²) in [4.78, 5) is 19.6. The summed E-state index contributed by atoms with van der Waals surface area (Å²) in [6.45, 7) is 3.34. The second-order valence-corrected chi connectivity index (χ2v) is 2.56. The number of hydrogen-bond donors (Lipinski definition) is 0. The van der Waals surface area contributed by atoms with E-state index >= 15 is 0 Å². The number of nitrogens with zero attached hydrogens (tertiary/aromatic N) is 1. The van der Waals surface area contributed by atoms with Gasteiger partial charge in [0.1, 0.15) is 6.29 Å². The predicted octanol–water partition coefficient (Wildman–Crippen LogP) is 0.734. The molecule has 1 atom stereocenters. The van der Waals surface area contributed by atoms with Crippen LogP contribution in [0, 0.1) is 22.0 Å². The van der Waals surface area contributed by atoms with Gasteiger partial charge in [0.05, 0.1) is 5.92 Å². The summed E-state index contributed by atoms with van der Waals surface area (Å²) in [5, 5.41) is 9.92. The van der Waals surface area contributed by atoms with E-state index in [1.807, 2.05) is 0 Å². The van der Waals surface area contributed by atoms with E-state index in [4.69, 9.17) is 0 Å². The molecule has 0 amide bonds. The smallest absolute Gasteiger partial charge is 0.213 e. The number of rotatable bonds is 4. The van der Waals surface area contributed by atoms with Crippen LogP contribution >= 0.6 is 0 Å². The van der Waals surface area contributed by atoms with Crippen LogP contribution in [0.2, 0.25) is 0 Å². The van der Waals surface area contributed by atoms with Gasteiger partial charge in [0.2, 0.25) is 6.54 Å². The van der Waals surface area contributed by atoms with Crippen LogP contribution in [0.15, 0.2) is 0 Å². The molecule has 0 bridgehead atoms. The molecule has 0 fully saturated rings. The summed E-state index contributed by atoms with van der Waals surface area (Å²) in [7, 11) is 0. The van der Waals surface area contributed by atoms with Crippen LogP contribution in [-0.2, 0) is 4.79 Å². The minimum Gasteiger partial charge on any atom is -0.303 e. The van der Waals surface area contributed by atoms with E-state index in [2.05, 4.69) is 0 Å². The van der Waals surface area contributed by atoms with Crippen molar-refractivity contribution in [2.45, 2.75) is 13.8 Å². The zero-order chi connectivity index (χ0) is 8.15. The first-order chi connectivity index (χ1) is 4.57. The van der Waals surface area contributed by atoms with Crippen molar-refractivity contribution in [2.24, 2.45) is 11.8 Å². The highest BCUT2D eigenvalue weighted by molar-refractivity contribution is 5.53. The monoisotopic (exact) mass is 145 g/mol. The molecule has 0 saturated heterocycles. The van der Waals surface area contributed by atoms with Gasteiger partial charge in [-0.25, -0.2) is 0 Å². The molecule has 0 aromatic heterocycles. The lowest BCUT2D eigenvalue weighted by molar-refractivity contribution is -0.486. The van der Waals surface area contributed by atoms with Gasteiger partial charge >= 0.3 is 0 Å². The fraction of sp³-hybridized carbons (Fsp3) is 0.833. The summed E-state index contributed by atoms with van der Waals surface area (Å²) in [5.41, 5.74) is 0. The molecule has 0 aliphatic carbocycles. The van der Waals surface area contributed by atoms with Crippen LogP contribution in [0.25, 0.3) is 0 Å². The molecule has 0 rings (SSSR count). The van der Waals surface area contributed by atoms with Gasteiger partial charge in [-0.15, -0.1) is 0 Å². The average molecular weight is 145 g/mol. The van der Waals surface area contributed by atoms with Crippen molar-refractivity contribution in [3.05, 3.63) is 10.1 Å². The van der Waals surface area contributed by atoms with E-state index in [-0.39, 0.29) is 12.5 Å². The van der Waals surface area contributed by atoms with Crippen LogP contribution in [0.3, 0.4) is 0 Å². The van der Waals surface area contributed by atoms with Crippen molar-refractivity contribution in [1.82, 2.24) is 0 Å². The molecular formula is C6H11NO3. The van der Waals surface area contributed by atoms with Gasteiger partial charge in [0.25, 0.3) is 0 Å². The zero-order valence-corrected chi connectivity index (χ0v) is 6.11. The second kappa shape index (κ2) is 3.98. The molecule has 0 aromatic carbocycles. The third kappa shape index (κ3) is 3.17. The lowest BCUT2D eigenvalue weighted by Crippen LogP contribution is -2.20. The standard InChI is InChI=1S/C6H11NO3/c1-5(2)6(4-8)3-7(9)10/h4-6H,3H2,1-2H3. The minimum absolute atomic E-state index is 0.0582. The molecule has 0 aromatic rings. The van der Waals surface area contributed by atoms with Crippen LogP contribution in [0.5, 0.6) is 0 Å². The second-order valence-electron chi connectivity index (χ2n) is 2.56. The summed E-state index contributed by atoms with van der Waals surface area (Å²) >= 11 is 0. The highest BCUT2D eigenvalue weighted by atomic mass is 16.6. The molecule has 0 aliphatic heterocycles. The van der Waals surface area contributed by atoms with E-state index in [0.29, 0.717) is 6.29 Å². The normalized spacial score (nSPS) is 13.1. The molecular weight excluding hydrogens is 134 g/mol. The first-order valence-electron chi connectivity index (χ1n) is 3.15. The zero-order valence-electron chi connectivity index (χ0n) is 6.11. The third-order valence-electron chi connectivity index (χ3n) is 1.39. The van der Waals surface area contributed by atoms with Crippen molar-refractivity contribution in [3.63, 3.8) is 0 Å². The molecule has 0 spiro atoms. The number of carbonyl (C=O) groups excluding carboxylic acids is 1. The Bertz CT molecular complexity index is 133. The van der Waals surface area contributed by atoms with Gasteiger partial charge in [-0.3, -0.25) is 10.1 Å². The van der Waals surface area contributed by atoms with E-state index < -0.39 is 10.8 Å². The topological polar surface area (TPSA) is 60.2 Å². The molecule has 4 heteroatoms. The molecule has 0 N–H and O–H groups in total. The van der Waals surface area contributed by atoms with Crippen LogP contribution in [-0.4, -0.2) is 17.8 Å². The maximum atomic E-state index is 10.2. The Labute approximate surface area is 59.4 Å². The Morgan fingerprint density at radius 3 is 2.20 bits per heavy atom. The largest absolute Gasteiger partial charge is 0.303 e. The quantitative estimate of drug-likeness (QED) is 0.333. The molecule has 0 aliphatic rings. The molecule has 10 heavy (non-hydrogen) atoms. The van der Waals surface area contributed by atoms with Crippen molar-refractivity contribution in [2.75, 3.05) is 6.54 Å².